The molecule has 2 heterocycles. The summed E-state index contributed by atoms with van der Waals surface area (Å²) in [6.07, 6.45) is 2.81. The number of carbonyl (C=O) groups is 1. The molecular weight excluding hydrogens is 362 g/mol. The van der Waals surface area contributed by atoms with Gasteiger partial charge in [-0.15, -0.1) is 0 Å². The van der Waals surface area contributed by atoms with Gasteiger partial charge in [0.05, 0.1) is 17.6 Å². The number of carbonyl (C=O) groups excluding carboxylic acids is 1. The molecule has 0 aliphatic carbocycles. The standard InChI is InChI=1S/C20H23N3O5/c1-13-4-5-17(10-14(13)2)28-16-6-8-22(9-7-16)19-18(23(25)26)11-15(12-21-19)20(24)27-3/h4-5,10-12,16H,6-9H2,1-3H3. The predicted molar refractivity (Wildman–Crippen MR) is 104 cm³/mol. The van der Waals surface area contributed by atoms with Crippen LogP contribution in [0.2, 0.25) is 0 Å². The van der Waals surface area contributed by atoms with Gasteiger partial charge >= 0.3 is 11.7 Å². The summed E-state index contributed by atoms with van der Waals surface area (Å²) in [5, 5.41) is 11.5. The van der Waals surface area contributed by atoms with E-state index in [4.69, 9.17) is 4.74 Å². The van der Waals surface area contributed by atoms with Gasteiger partial charge in [-0.2, -0.15) is 0 Å². The number of anilines is 1. The molecule has 8 nitrogen and oxygen atoms in total. The number of aromatic nitrogens is 1. The first-order valence-corrected chi connectivity index (χ1v) is 9.10. The van der Waals surface area contributed by atoms with Crippen molar-refractivity contribution in [3.63, 3.8) is 0 Å². The van der Waals surface area contributed by atoms with Crippen LogP contribution in [0, 0.1) is 24.0 Å². The Morgan fingerprint density at radius 2 is 1.93 bits per heavy atom. The van der Waals surface area contributed by atoms with Crippen LogP contribution in [0.4, 0.5) is 11.5 Å². The number of methoxy groups -OCH3 is 1. The molecule has 1 aliphatic rings. The number of nitro groups is 1. The van der Waals surface area contributed by atoms with Gasteiger partial charge < -0.3 is 14.4 Å². The topological polar surface area (TPSA) is 94.8 Å². The summed E-state index contributed by atoms with van der Waals surface area (Å²) < 4.78 is 10.7. The molecule has 0 bridgehead atoms. The highest BCUT2D eigenvalue weighted by molar-refractivity contribution is 5.90. The van der Waals surface area contributed by atoms with E-state index in [0.717, 1.165) is 18.6 Å². The van der Waals surface area contributed by atoms with Gasteiger partial charge in [0.15, 0.2) is 0 Å². The summed E-state index contributed by atoms with van der Waals surface area (Å²) in [6.45, 7) is 5.28. The average molecular weight is 385 g/mol. The highest BCUT2D eigenvalue weighted by Gasteiger charge is 2.28. The minimum atomic E-state index is -0.650. The molecule has 1 aromatic heterocycles. The third kappa shape index (κ3) is 4.21. The second-order valence-electron chi connectivity index (χ2n) is 6.87. The summed E-state index contributed by atoms with van der Waals surface area (Å²) >= 11 is 0. The molecular formula is C20H23N3O5. The predicted octanol–water partition coefficient (Wildman–Crippen LogP) is 3.44. The van der Waals surface area contributed by atoms with Crippen LogP contribution in [0.25, 0.3) is 0 Å². The highest BCUT2D eigenvalue weighted by atomic mass is 16.6. The SMILES string of the molecule is COC(=O)c1cnc(N2CCC(Oc3ccc(C)c(C)c3)CC2)c([N+](=O)[O-])c1. The van der Waals surface area contributed by atoms with E-state index in [2.05, 4.69) is 16.6 Å². The smallest absolute Gasteiger partial charge is 0.339 e. The minimum absolute atomic E-state index is 0.0479. The number of hydrogen-bond donors (Lipinski definition) is 0. The van der Waals surface area contributed by atoms with E-state index in [-0.39, 0.29) is 23.2 Å². The zero-order valence-electron chi connectivity index (χ0n) is 16.2. The second kappa shape index (κ2) is 8.24. The van der Waals surface area contributed by atoms with Crippen LogP contribution >= 0.6 is 0 Å². The molecule has 0 saturated carbocycles. The van der Waals surface area contributed by atoms with Crippen LogP contribution in [-0.2, 0) is 4.74 Å². The molecule has 8 heteroatoms. The Labute approximate surface area is 163 Å². The Kier molecular flexibility index (Phi) is 5.77. The normalized spacial score (nSPS) is 14.6. The van der Waals surface area contributed by atoms with Crippen LogP contribution < -0.4 is 9.64 Å². The van der Waals surface area contributed by atoms with E-state index >= 15 is 0 Å². The number of ether oxygens (including phenoxy) is 2. The summed E-state index contributed by atoms with van der Waals surface area (Å²) in [7, 11) is 1.22. The Balaban J connectivity index is 1.69. The number of aryl methyl sites for hydroxylation is 2. The third-order valence-corrected chi connectivity index (χ3v) is 4.99. The van der Waals surface area contributed by atoms with Crippen molar-refractivity contribution in [3.05, 3.63) is 57.3 Å². The summed E-state index contributed by atoms with van der Waals surface area (Å²) in [5.74, 6) is 0.456. The fraction of sp³-hybridized carbons (Fsp3) is 0.400. The Morgan fingerprint density at radius 1 is 1.21 bits per heavy atom. The van der Waals surface area contributed by atoms with Crippen LogP contribution in [0.1, 0.15) is 34.3 Å². The number of piperidine rings is 1. The Hall–Kier alpha value is -3.16. The first-order valence-electron chi connectivity index (χ1n) is 9.10. The van der Waals surface area contributed by atoms with Gasteiger partial charge in [0.25, 0.3) is 0 Å². The molecule has 2 aromatic rings. The molecule has 3 rings (SSSR count). The third-order valence-electron chi connectivity index (χ3n) is 4.99. The van der Waals surface area contributed by atoms with E-state index in [1.165, 1.54) is 30.5 Å². The number of benzene rings is 1. The fourth-order valence-corrected chi connectivity index (χ4v) is 3.22. The van der Waals surface area contributed by atoms with Crippen LogP contribution in [0.3, 0.4) is 0 Å². The maximum absolute atomic E-state index is 11.6. The molecule has 0 radical (unpaired) electrons. The lowest BCUT2D eigenvalue weighted by atomic mass is 10.1. The van der Waals surface area contributed by atoms with Crippen molar-refractivity contribution >= 4 is 17.5 Å². The number of pyridine rings is 1. The Bertz CT molecular complexity index is 891. The minimum Gasteiger partial charge on any atom is -0.490 e. The molecule has 1 saturated heterocycles. The van der Waals surface area contributed by atoms with Crippen LogP contribution in [0.5, 0.6) is 5.75 Å². The molecule has 1 aliphatic heterocycles. The summed E-state index contributed by atoms with van der Waals surface area (Å²) in [5.41, 5.74) is 2.26. The molecule has 0 atom stereocenters. The van der Waals surface area contributed by atoms with Crippen LogP contribution in [0.15, 0.2) is 30.5 Å². The largest absolute Gasteiger partial charge is 0.490 e. The maximum Gasteiger partial charge on any atom is 0.339 e. The van der Waals surface area contributed by atoms with E-state index in [9.17, 15) is 14.9 Å². The zero-order valence-corrected chi connectivity index (χ0v) is 16.2. The summed E-state index contributed by atoms with van der Waals surface area (Å²) in [4.78, 5) is 28.6. The van der Waals surface area contributed by atoms with Gasteiger partial charge in [-0.1, -0.05) is 6.07 Å². The number of nitrogens with zero attached hydrogens (tertiary/aromatic N) is 3. The molecule has 1 fully saturated rings. The average Bonchev–Trinajstić information content (AvgIpc) is 2.70. The number of esters is 1. The van der Waals surface area contributed by atoms with Gasteiger partial charge in [-0.25, -0.2) is 9.78 Å². The monoisotopic (exact) mass is 385 g/mol. The van der Waals surface area contributed by atoms with Crippen molar-refractivity contribution in [2.75, 3.05) is 25.1 Å². The van der Waals surface area contributed by atoms with Gasteiger partial charge in [0.2, 0.25) is 5.82 Å². The van der Waals surface area contributed by atoms with E-state index < -0.39 is 10.9 Å². The van der Waals surface area contributed by atoms with E-state index in [0.29, 0.717) is 13.1 Å². The molecule has 0 N–H and O–H groups in total. The zero-order chi connectivity index (χ0) is 20.3. The first kappa shape index (κ1) is 19.6. The van der Waals surface area contributed by atoms with E-state index in [1.807, 2.05) is 30.0 Å². The molecule has 0 spiro atoms. The van der Waals surface area contributed by atoms with Crippen molar-refractivity contribution < 1.29 is 19.2 Å². The lowest BCUT2D eigenvalue weighted by molar-refractivity contribution is -0.384. The van der Waals surface area contributed by atoms with Crippen molar-refractivity contribution in [2.45, 2.75) is 32.8 Å². The summed E-state index contributed by atoms with van der Waals surface area (Å²) in [6, 6.07) is 7.24. The van der Waals surface area contributed by atoms with Gasteiger partial charge in [-0.05, 0) is 37.1 Å². The maximum atomic E-state index is 11.6. The van der Waals surface area contributed by atoms with E-state index in [1.54, 1.807) is 0 Å². The van der Waals surface area contributed by atoms with Crippen molar-refractivity contribution in [1.29, 1.82) is 0 Å². The van der Waals surface area contributed by atoms with Gasteiger partial charge in [0.1, 0.15) is 11.9 Å². The molecule has 0 unspecified atom stereocenters. The molecule has 148 valence electrons. The second-order valence-corrected chi connectivity index (χ2v) is 6.87. The molecule has 1 aromatic carbocycles. The lowest BCUT2D eigenvalue weighted by Crippen LogP contribution is -2.39. The lowest BCUT2D eigenvalue weighted by Gasteiger charge is -2.32. The van der Waals surface area contributed by atoms with Gasteiger partial charge in [0, 0.05) is 38.2 Å². The van der Waals surface area contributed by atoms with Crippen molar-refractivity contribution in [2.24, 2.45) is 0 Å². The molecule has 0 amide bonds. The highest BCUT2D eigenvalue weighted by Crippen LogP contribution is 2.30. The number of hydrogen-bond acceptors (Lipinski definition) is 7. The Morgan fingerprint density at radius 3 is 2.54 bits per heavy atom. The first-order chi connectivity index (χ1) is 13.4. The van der Waals surface area contributed by atoms with Crippen molar-refractivity contribution in [1.82, 2.24) is 4.98 Å². The van der Waals surface area contributed by atoms with Crippen molar-refractivity contribution in [3.8, 4) is 5.75 Å². The van der Waals surface area contributed by atoms with Crippen LogP contribution in [-0.4, -0.2) is 42.2 Å². The van der Waals surface area contributed by atoms with Gasteiger partial charge in [-0.3, -0.25) is 10.1 Å². The molecule has 28 heavy (non-hydrogen) atoms. The quantitative estimate of drug-likeness (QED) is 0.442. The fourth-order valence-electron chi connectivity index (χ4n) is 3.22. The number of rotatable bonds is 5.